The number of rotatable bonds is 20. The Morgan fingerprint density at radius 3 is 2.07 bits per heavy atom. The lowest BCUT2D eigenvalue weighted by molar-refractivity contribution is -0.333. The van der Waals surface area contributed by atoms with E-state index in [2.05, 4.69) is 29.1 Å². The third kappa shape index (κ3) is 15.2. The fraction of sp³-hybridized carbons (Fsp3) is 0.757. The largest absolute Gasteiger partial charge is 0.462 e. The van der Waals surface area contributed by atoms with Crippen LogP contribution in [0.1, 0.15) is 47.5 Å². The van der Waals surface area contributed by atoms with Crippen LogP contribution in [0.5, 0.6) is 0 Å². The highest BCUT2D eigenvalue weighted by Crippen LogP contribution is 2.32. The molecular weight excluding hydrogens is 738 g/mol. The number of nitrogens with two attached hydrogens (primary N) is 2. The first-order chi connectivity index (χ1) is 26.6. The number of esters is 1. The Morgan fingerprint density at radius 2 is 1.54 bits per heavy atom. The van der Waals surface area contributed by atoms with Gasteiger partial charge in [-0.1, -0.05) is 20.4 Å². The van der Waals surface area contributed by atoms with Crippen LogP contribution >= 0.6 is 0 Å². The second-order valence-corrected chi connectivity index (χ2v) is 14.0. The molecule has 19 nitrogen and oxygen atoms in total. The number of ether oxygens (including phenoxy) is 7. The molecule has 3 rings (SSSR count). The van der Waals surface area contributed by atoms with E-state index >= 15 is 0 Å². The molecule has 3 aliphatic rings. The van der Waals surface area contributed by atoms with Gasteiger partial charge in [-0.15, -0.1) is 11.8 Å². The van der Waals surface area contributed by atoms with Crippen LogP contribution in [0.3, 0.4) is 0 Å². The Morgan fingerprint density at radius 1 is 0.946 bits per heavy atom. The highest BCUT2D eigenvalue weighted by atomic mass is 16.7. The second-order valence-electron chi connectivity index (χ2n) is 14.0. The molecule has 0 aromatic heterocycles. The molecule has 10 unspecified atom stereocenters. The number of carbonyl (C=O) groups excluding carboxylic acids is 3. The average Bonchev–Trinajstić information content (AvgIpc) is 3.14. The molecule has 0 radical (unpaired) electrons. The molecule has 3 fully saturated rings. The molecule has 10 atom stereocenters. The van der Waals surface area contributed by atoms with Gasteiger partial charge in [-0.05, 0) is 39.5 Å². The molecule has 0 aromatic carbocycles. The summed E-state index contributed by atoms with van der Waals surface area (Å²) in [6.45, 7) is 14.7. The number of aliphatic hydroxyl groups is 4. The van der Waals surface area contributed by atoms with Crippen molar-refractivity contribution in [1.82, 2.24) is 15.6 Å². The van der Waals surface area contributed by atoms with E-state index < -0.39 is 79.0 Å². The summed E-state index contributed by atoms with van der Waals surface area (Å²) in [5, 5.41) is 50.5. The molecule has 3 heterocycles. The Bertz CT molecular complexity index is 1330. The quantitative estimate of drug-likeness (QED) is 0.0162. The zero-order valence-corrected chi connectivity index (χ0v) is 33.3. The fourth-order valence-corrected chi connectivity index (χ4v) is 5.67. The van der Waals surface area contributed by atoms with Gasteiger partial charge in [-0.25, -0.2) is 10.6 Å². The van der Waals surface area contributed by atoms with Crippen molar-refractivity contribution in [2.45, 2.75) is 109 Å². The van der Waals surface area contributed by atoms with Crippen LogP contribution in [0.4, 0.5) is 0 Å². The third-order valence-electron chi connectivity index (χ3n) is 8.91. The van der Waals surface area contributed by atoms with Crippen molar-refractivity contribution in [3.63, 3.8) is 0 Å². The monoisotopic (exact) mass is 801 g/mol. The van der Waals surface area contributed by atoms with Crippen LogP contribution in [0.15, 0.2) is 24.0 Å². The first kappa shape index (κ1) is 48.8. The molecular formula is C37H63N5O14. The maximum Gasteiger partial charge on any atom is 0.333 e. The molecule has 56 heavy (non-hydrogen) atoms. The SMILES string of the molecule is C=C(C)C(=O)OCCCNC(=O)C1OC(C(C)C)C(O)C(O)C1OC1OC(C(=O)NCCCN(N)/C=C(\N)COCC2COC2)C(OC)C(O)C1O.CC#CC. The van der Waals surface area contributed by atoms with Gasteiger partial charge in [0.05, 0.1) is 44.8 Å². The molecule has 0 saturated carbocycles. The van der Waals surface area contributed by atoms with Gasteiger partial charge in [-0.3, -0.25) is 9.59 Å². The summed E-state index contributed by atoms with van der Waals surface area (Å²) < 4.78 is 38.5. The third-order valence-corrected chi connectivity index (χ3v) is 8.91. The number of hydrogen-bond donors (Lipinski definition) is 8. The van der Waals surface area contributed by atoms with Crippen LogP contribution in [-0.2, 0) is 47.5 Å². The zero-order chi connectivity index (χ0) is 41.9. The van der Waals surface area contributed by atoms with Gasteiger partial charge >= 0.3 is 5.97 Å². The van der Waals surface area contributed by atoms with E-state index in [-0.39, 0.29) is 44.2 Å². The molecule has 2 amide bonds. The predicted molar refractivity (Wildman–Crippen MR) is 200 cm³/mol. The molecule has 0 aromatic rings. The summed E-state index contributed by atoms with van der Waals surface area (Å²) >= 11 is 0. The van der Waals surface area contributed by atoms with Crippen LogP contribution in [0, 0.1) is 23.7 Å². The van der Waals surface area contributed by atoms with E-state index in [1.54, 1.807) is 13.8 Å². The summed E-state index contributed by atoms with van der Waals surface area (Å²) in [6, 6.07) is 0. The van der Waals surface area contributed by atoms with Crippen molar-refractivity contribution < 1.29 is 68.0 Å². The van der Waals surface area contributed by atoms with Crippen LogP contribution in [0.25, 0.3) is 0 Å². The van der Waals surface area contributed by atoms with Gasteiger partial charge in [0, 0.05) is 44.4 Å². The van der Waals surface area contributed by atoms with Crippen molar-refractivity contribution in [2.24, 2.45) is 23.4 Å². The molecule has 0 spiro atoms. The van der Waals surface area contributed by atoms with Gasteiger partial charge in [0.1, 0.15) is 36.6 Å². The number of hydrogen-bond acceptors (Lipinski definition) is 17. The zero-order valence-electron chi connectivity index (χ0n) is 33.3. The van der Waals surface area contributed by atoms with E-state index in [4.69, 9.17) is 44.7 Å². The first-order valence-corrected chi connectivity index (χ1v) is 18.6. The Balaban J connectivity index is 0.00000258. The number of amides is 2. The van der Waals surface area contributed by atoms with E-state index in [0.717, 1.165) is 0 Å². The molecule has 3 aliphatic heterocycles. The first-order valence-electron chi connectivity index (χ1n) is 18.6. The van der Waals surface area contributed by atoms with E-state index in [9.17, 15) is 34.8 Å². The van der Waals surface area contributed by atoms with Crippen LogP contribution in [0.2, 0.25) is 0 Å². The summed E-state index contributed by atoms with van der Waals surface area (Å²) in [6.07, 6.45) is -13.3. The van der Waals surface area contributed by atoms with Gasteiger partial charge in [0.2, 0.25) is 0 Å². The van der Waals surface area contributed by atoms with Crippen LogP contribution in [-0.4, -0.2) is 164 Å². The topological polar surface area (TPSA) is 276 Å². The highest BCUT2D eigenvalue weighted by molar-refractivity contribution is 5.87. The molecule has 10 N–H and O–H groups in total. The Labute approximate surface area is 328 Å². The summed E-state index contributed by atoms with van der Waals surface area (Å²) in [5.74, 6) is 9.38. The smallest absolute Gasteiger partial charge is 0.333 e. The standard InChI is InChI=1S/C33H57N5O14.C4H6/c1-17(2)25-21(39)22(40)27(29(50-25)31(44)37-9-7-11-49-32(45)18(3)4)51-33-24(42)23(41)26(46-5)28(52-33)30(43)36-8-6-10-38(35)12-20(34)16-48-15-19-13-47-14-19;1-3-4-2/h12,17,19,21-29,33,39-42H,3,6-11,13-16,34-35H2,1-2,4-5H3,(H,36,43)(H,37,44);1-2H3/b20-12-;. The predicted octanol–water partition coefficient (Wildman–Crippen LogP) is -2.22. The Kier molecular flexibility index (Phi) is 21.8. The normalized spacial score (nSPS) is 29.1. The number of nitrogens with one attached hydrogen (secondary N) is 2. The van der Waals surface area contributed by atoms with Crippen molar-refractivity contribution in [3.05, 3.63) is 24.0 Å². The van der Waals surface area contributed by atoms with Gasteiger partial charge in [0.25, 0.3) is 11.8 Å². The van der Waals surface area contributed by atoms with Crippen molar-refractivity contribution in [3.8, 4) is 11.8 Å². The van der Waals surface area contributed by atoms with Crippen molar-refractivity contribution in [1.29, 1.82) is 0 Å². The number of nitrogens with zero attached hydrogens (tertiary/aromatic N) is 1. The number of hydrazine groups is 1. The van der Waals surface area contributed by atoms with Crippen molar-refractivity contribution >= 4 is 17.8 Å². The van der Waals surface area contributed by atoms with Crippen LogP contribution < -0.4 is 22.2 Å². The number of carbonyl (C=O) groups is 3. The highest BCUT2D eigenvalue weighted by Gasteiger charge is 2.54. The molecule has 19 heteroatoms. The van der Waals surface area contributed by atoms with Crippen molar-refractivity contribution in [2.75, 3.05) is 59.8 Å². The van der Waals surface area contributed by atoms with Gasteiger partial charge < -0.3 is 75.0 Å². The fourth-order valence-electron chi connectivity index (χ4n) is 5.67. The summed E-state index contributed by atoms with van der Waals surface area (Å²) in [5.41, 5.74) is 6.62. The summed E-state index contributed by atoms with van der Waals surface area (Å²) in [7, 11) is 1.22. The molecule has 320 valence electrons. The lowest BCUT2D eigenvalue weighted by atomic mass is 9.88. The molecule has 3 saturated heterocycles. The minimum atomic E-state index is -1.80. The number of aliphatic hydroxyl groups excluding tert-OH is 4. The van der Waals surface area contributed by atoms with E-state index in [1.165, 1.54) is 25.2 Å². The number of methoxy groups -OCH3 is 1. The second kappa shape index (κ2) is 25.1. The molecule has 0 bridgehead atoms. The minimum Gasteiger partial charge on any atom is -0.462 e. The lowest BCUT2D eigenvalue weighted by Gasteiger charge is -2.47. The van der Waals surface area contributed by atoms with E-state index in [1.807, 2.05) is 13.8 Å². The Hall–Kier alpha value is -3.39. The minimum absolute atomic E-state index is 0.000174. The molecule has 0 aliphatic carbocycles. The lowest BCUT2D eigenvalue weighted by Crippen LogP contribution is -2.67. The van der Waals surface area contributed by atoms with E-state index in [0.29, 0.717) is 44.4 Å². The van der Waals surface area contributed by atoms with Gasteiger partial charge in [0.15, 0.2) is 18.5 Å². The maximum atomic E-state index is 13.3. The average molecular weight is 802 g/mol. The maximum absolute atomic E-state index is 13.3. The summed E-state index contributed by atoms with van der Waals surface area (Å²) in [4.78, 5) is 38.2. The van der Waals surface area contributed by atoms with Gasteiger partial charge in [-0.2, -0.15) is 0 Å².